The highest BCUT2D eigenvalue weighted by Gasteiger charge is 2.09. The van der Waals surface area contributed by atoms with Crippen molar-refractivity contribution in [2.45, 2.75) is 26.4 Å². The fourth-order valence-electron chi connectivity index (χ4n) is 1.74. The Hall–Kier alpha value is -1.06. The highest BCUT2D eigenvalue weighted by atomic mass is 16.5. The molecule has 0 saturated carbocycles. The van der Waals surface area contributed by atoms with Crippen LogP contribution < -0.4 is 10.1 Å². The molecule has 0 aliphatic rings. The highest BCUT2D eigenvalue weighted by Crippen LogP contribution is 2.18. The molecule has 3 heteroatoms. The molecule has 0 radical (unpaired) electrons. The summed E-state index contributed by atoms with van der Waals surface area (Å²) >= 11 is 0. The Morgan fingerprint density at radius 3 is 2.59 bits per heavy atom. The van der Waals surface area contributed by atoms with Crippen molar-refractivity contribution < 1.29 is 9.84 Å². The Morgan fingerprint density at radius 2 is 1.94 bits per heavy atom. The molecule has 17 heavy (non-hydrogen) atoms. The number of ether oxygens (including phenoxy) is 1. The monoisotopic (exact) mass is 237 g/mol. The van der Waals surface area contributed by atoms with Gasteiger partial charge < -0.3 is 15.2 Å². The van der Waals surface area contributed by atoms with Gasteiger partial charge in [0.15, 0.2) is 0 Å². The lowest BCUT2D eigenvalue weighted by Crippen LogP contribution is -2.30. The van der Waals surface area contributed by atoms with Crippen LogP contribution in [0.25, 0.3) is 0 Å². The number of hydrogen-bond donors (Lipinski definition) is 2. The summed E-state index contributed by atoms with van der Waals surface area (Å²) in [5, 5.41) is 13.2. The van der Waals surface area contributed by atoms with Gasteiger partial charge in [0.2, 0.25) is 0 Å². The number of benzene rings is 1. The van der Waals surface area contributed by atoms with E-state index >= 15 is 0 Å². The third-order valence-electron chi connectivity index (χ3n) is 2.58. The lowest BCUT2D eigenvalue weighted by molar-refractivity contribution is 0.169. The van der Waals surface area contributed by atoms with Crippen LogP contribution in [0.1, 0.15) is 19.4 Å². The number of methoxy groups -OCH3 is 1. The molecule has 0 aromatic heterocycles. The van der Waals surface area contributed by atoms with Gasteiger partial charge in [-0.05, 0) is 24.1 Å². The number of aliphatic hydroxyl groups excluding tert-OH is 1. The minimum Gasteiger partial charge on any atom is -0.496 e. The average molecular weight is 237 g/mol. The molecule has 1 unspecified atom stereocenters. The molecule has 1 atom stereocenters. The zero-order valence-corrected chi connectivity index (χ0v) is 10.9. The molecule has 0 bridgehead atoms. The van der Waals surface area contributed by atoms with Gasteiger partial charge in [-0.3, -0.25) is 0 Å². The lowest BCUT2D eigenvalue weighted by Gasteiger charge is -2.15. The predicted molar refractivity (Wildman–Crippen MR) is 70.4 cm³/mol. The summed E-state index contributed by atoms with van der Waals surface area (Å²) in [5.74, 6) is 1.45. The molecule has 0 amide bonds. The first-order chi connectivity index (χ1) is 8.13. The number of aliphatic hydroxyl groups is 1. The largest absolute Gasteiger partial charge is 0.496 e. The Kier molecular flexibility index (Phi) is 6.01. The summed E-state index contributed by atoms with van der Waals surface area (Å²) in [6.45, 7) is 5.86. The quantitative estimate of drug-likeness (QED) is 0.760. The molecule has 2 N–H and O–H groups in total. The van der Waals surface area contributed by atoms with Crippen LogP contribution in [0, 0.1) is 5.92 Å². The van der Waals surface area contributed by atoms with Crippen LogP contribution in [-0.2, 0) is 6.42 Å². The second kappa shape index (κ2) is 7.30. The van der Waals surface area contributed by atoms with Gasteiger partial charge in [0.25, 0.3) is 0 Å². The first kappa shape index (κ1) is 14.0. The summed E-state index contributed by atoms with van der Waals surface area (Å²) < 4.78 is 5.26. The molecule has 0 spiro atoms. The van der Waals surface area contributed by atoms with E-state index in [1.54, 1.807) is 7.11 Å². The standard InChI is InChI=1S/C14H23NO2/c1-11(2)9-15-10-13(16)8-12-6-4-5-7-14(12)17-3/h4-7,11,13,15-16H,8-10H2,1-3H3. The predicted octanol–water partition coefficient (Wildman–Crippen LogP) is 1.84. The van der Waals surface area contributed by atoms with Crippen molar-refractivity contribution in [3.63, 3.8) is 0 Å². The second-order valence-electron chi connectivity index (χ2n) is 4.72. The van der Waals surface area contributed by atoms with Crippen molar-refractivity contribution in [2.75, 3.05) is 20.2 Å². The normalized spacial score (nSPS) is 12.8. The van der Waals surface area contributed by atoms with Crippen LogP contribution in [0.4, 0.5) is 0 Å². The van der Waals surface area contributed by atoms with E-state index in [0.717, 1.165) is 17.9 Å². The fourth-order valence-corrected chi connectivity index (χ4v) is 1.74. The molecule has 0 aliphatic heterocycles. The van der Waals surface area contributed by atoms with E-state index in [1.807, 2.05) is 24.3 Å². The summed E-state index contributed by atoms with van der Waals surface area (Å²) in [6.07, 6.45) is 0.250. The van der Waals surface area contributed by atoms with Crippen LogP contribution in [0.2, 0.25) is 0 Å². The van der Waals surface area contributed by atoms with Crippen molar-refractivity contribution in [1.29, 1.82) is 0 Å². The molecule has 1 aromatic carbocycles. The third kappa shape index (κ3) is 5.20. The zero-order valence-electron chi connectivity index (χ0n) is 10.9. The summed E-state index contributed by atoms with van der Waals surface area (Å²) in [7, 11) is 1.65. The smallest absolute Gasteiger partial charge is 0.122 e. The fraction of sp³-hybridized carbons (Fsp3) is 0.571. The maximum atomic E-state index is 9.92. The molecule has 1 aromatic rings. The molecule has 96 valence electrons. The van der Waals surface area contributed by atoms with Crippen molar-refractivity contribution in [3.8, 4) is 5.75 Å². The van der Waals surface area contributed by atoms with Crippen LogP contribution in [0.3, 0.4) is 0 Å². The van der Waals surface area contributed by atoms with Gasteiger partial charge >= 0.3 is 0 Å². The van der Waals surface area contributed by atoms with Gasteiger partial charge in [-0.2, -0.15) is 0 Å². The van der Waals surface area contributed by atoms with Crippen molar-refractivity contribution in [3.05, 3.63) is 29.8 Å². The molecule has 0 aliphatic carbocycles. The van der Waals surface area contributed by atoms with E-state index in [-0.39, 0.29) is 6.10 Å². The first-order valence-corrected chi connectivity index (χ1v) is 6.14. The Bertz CT molecular complexity index is 326. The van der Waals surface area contributed by atoms with Crippen LogP contribution >= 0.6 is 0 Å². The summed E-state index contributed by atoms with van der Waals surface area (Å²) in [6, 6.07) is 7.81. The summed E-state index contributed by atoms with van der Waals surface area (Å²) in [5.41, 5.74) is 1.05. The van der Waals surface area contributed by atoms with E-state index in [0.29, 0.717) is 18.9 Å². The first-order valence-electron chi connectivity index (χ1n) is 6.14. The molecule has 0 saturated heterocycles. The number of rotatable bonds is 7. The molecule has 1 rings (SSSR count). The lowest BCUT2D eigenvalue weighted by atomic mass is 10.1. The minimum absolute atomic E-state index is 0.370. The van der Waals surface area contributed by atoms with Crippen LogP contribution in [0.5, 0.6) is 5.75 Å². The Balaban J connectivity index is 2.41. The van der Waals surface area contributed by atoms with E-state index in [1.165, 1.54) is 0 Å². The van der Waals surface area contributed by atoms with Gasteiger partial charge in [-0.25, -0.2) is 0 Å². The number of hydrogen-bond acceptors (Lipinski definition) is 3. The topological polar surface area (TPSA) is 41.5 Å². The molecule has 0 heterocycles. The van der Waals surface area contributed by atoms with Crippen molar-refractivity contribution in [2.24, 2.45) is 5.92 Å². The van der Waals surface area contributed by atoms with Gasteiger partial charge in [-0.1, -0.05) is 32.0 Å². The van der Waals surface area contributed by atoms with E-state index in [9.17, 15) is 5.11 Å². The molecular weight excluding hydrogens is 214 g/mol. The average Bonchev–Trinajstić information content (AvgIpc) is 2.29. The van der Waals surface area contributed by atoms with Crippen LogP contribution in [-0.4, -0.2) is 31.4 Å². The SMILES string of the molecule is COc1ccccc1CC(O)CNCC(C)C. The third-order valence-corrected chi connectivity index (χ3v) is 2.58. The number of para-hydroxylation sites is 1. The van der Waals surface area contributed by atoms with E-state index in [4.69, 9.17) is 4.74 Å². The Morgan fingerprint density at radius 1 is 1.24 bits per heavy atom. The number of nitrogens with one attached hydrogen (secondary N) is 1. The van der Waals surface area contributed by atoms with E-state index in [2.05, 4.69) is 19.2 Å². The summed E-state index contributed by atoms with van der Waals surface area (Å²) in [4.78, 5) is 0. The van der Waals surface area contributed by atoms with Gasteiger partial charge in [-0.15, -0.1) is 0 Å². The Labute approximate surface area is 104 Å². The molecular formula is C14H23NO2. The highest BCUT2D eigenvalue weighted by molar-refractivity contribution is 5.33. The minimum atomic E-state index is -0.370. The second-order valence-corrected chi connectivity index (χ2v) is 4.72. The zero-order chi connectivity index (χ0) is 12.7. The van der Waals surface area contributed by atoms with Gasteiger partial charge in [0, 0.05) is 13.0 Å². The van der Waals surface area contributed by atoms with Gasteiger partial charge in [0.05, 0.1) is 13.2 Å². The van der Waals surface area contributed by atoms with E-state index < -0.39 is 0 Å². The van der Waals surface area contributed by atoms with Gasteiger partial charge in [0.1, 0.15) is 5.75 Å². The maximum Gasteiger partial charge on any atom is 0.122 e. The maximum absolute atomic E-state index is 9.92. The van der Waals surface area contributed by atoms with Crippen molar-refractivity contribution in [1.82, 2.24) is 5.32 Å². The molecule has 3 nitrogen and oxygen atoms in total. The van der Waals surface area contributed by atoms with Crippen LogP contribution in [0.15, 0.2) is 24.3 Å². The van der Waals surface area contributed by atoms with Crippen molar-refractivity contribution >= 4 is 0 Å². The molecule has 0 fully saturated rings.